The van der Waals surface area contributed by atoms with Crippen molar-refractivity contribution in [2.45, 2.75) is 129 Å². The second kappa shape index (κ2) is 9.30. The van der Waals surface area contributed by atoms with Gasteiger partial charge in [0.15, 0.2) is 0 Å². The number of unbranched alkanes of at least 4 members (excludes halogenated alkanes) is 1. The summed E-state index contributed by atoms with van der Waals surface area (Å²) in [6.45, 7) is 17.5. The first-order valence-corrected chi connectivity index (χ1v) is 11.7. The van der Waals surface area contributed by atoms with E-state index in [1.807, 2.05) is 20.8 Å². The molecule has 1 aliphatic carbocycles. The van der Waals surface area contributed by atoms with E-state index < -0.39 is 5.60 Å². The van der Waals surface area contributed by atoms with Crippen molar-refractivity contribution >= 4 is 19.1 Å². The summed E-state index contributed by atoms with van der Waals surface area (Å²) < 4.78 is 17.5. The number of carbonyl (C=O) groups excluding carboxylic acids is 2. The number of amides is 2. The van der Waals surface area contributed by atoms with Crippen LogP contribution in [0.15, 0.2) is 0 Å². The molecule has 7 nitrogen and oxygen atoms in total. The topological polar surface area (TPSA) is 85.9 Å². The molecular formula is C23H43BN2O5. The highest BCUT2D eigenvalue weighted by atomic mass is 16.7. The Morgan fingerprint density at radius 3 is 2.06 bits per heavy atom. The molecule has 2 fully saturated rings. The number of alkyl carbamates (subject to hydrolysis) is 1. The molecule has 1 saturated carbocycles. The molecule has 2 amide bonds. The van der Waals surface area contributed by atoms with E-state index in [0.717, 1.165) is 38.4 Å². The Labute approximate surface area is 188 Å². The van der Waals surface area contributed by atoms with Crippen LogP contribution in [0.25, 0.3) is 0 Å². The Morgan fingerprint density at radius 1 is 1.03 bits per heavy atom. The van der Waals surface area contributed by atoms with Gasteiger partial charge in [-0.05, 0) is 86.9 Å². The minimum absolute atomic E-state index is 0.0167. The van der Waals surface area contributed by atoms with Crippen molar-refractivity contribution in [1.29, 1.82) is 0 Å². The molecule has 1 unspecified atom stereocenters. The summed E-state index contributed by atoms with van der Waals surface area (Å²) in [6.07, 6.45) is 4.98. The molecule has 31 heavy (non-hydrogen) atoms. The van der Waals surface area contributed by atoms with E-state index in [4.69, 9.17) is 14.0 Å². The van der Waals surface area contributed by atoms with Crippen molar-refractivity contribution < 1.29 is 23.6 Å². The minimum Gasteiger partial charge on any atom is -0.444 e. The lowest BCUT2D eigenvalue weighted by Crippen LogP contribution is -2.59. The molecule has 1 aliphatic heterocycles. The van der Waals surface area contributed by atoms with Crippen LogP contribution in [-0.4, -0.2) is 47.5 Å². The van der Waals surface area contributed by atoms with E-state index in [9.17, 15) is 9.59 Å². The van der Waals surface area contributed by atoms with Crippen LogP contribution in [0.1, 0.15) is 94.4 Å². The molecule has 1 saturated heterocycles. The summed E-state index contributed by atoms with van der Waals surface area (Å²) in [4.78, 5) is 23.9. The van der Waals surface area contributed by atoms with Gasteiger partial charge in [0.05, 0.1) is 11.2 Å². The van der Waals surface area contributed by atoms with E-state index in [1.165, 1.54) is 0 Å². The maximum atomic E-state index is 12.0. The first kappa shape index (κ1) is 26.0. The first-order valence-electron chi connectivity index (χ1n) is 11.7. The van der Waals surface area contributed by atoms with Gasteiger partial charge in [-0.3, -0.25) is 4.79 Å². The first-order chi connectivity index (χ1) is 14.0. The fourth-order valence-electron chi connectivity index (χ4n) is 4.39. The zero-order valence-corrected chi connectivity index (χ0v) is 21.0. The minimum atomic E-state index is -0.505. The predicted octanol–water partition coefficient (Wildman–Crippen LogP) is 4.45. The monoisotopic (exact) mass is 438 g/mol. The number of nitrogens with one attached hydrogen (secondary N) is 2. The average Bonchev–Trinajstić information content (AvgIpc) is 2.72. The summed E-state index contributed by atoms with van der Waals surface area (Å²) in [5, 5.41) is 6.12. The fraction of sp³-hybridized carbons (Fsp3) is 0.913. The molecule has 0 radical (unpaired) electrons. The van der Waals surface area contributed by atoms with E-state index in [2.05, 4.69) is 45.3 Å². The lowest BCUT2D eigenvalue weighted by atomic mass is 9.66. The summed E-state index contributed by atoms with van der Waals surface area (Å²) >= 11 is 0. The highest BCUT2D eigenvalue weighted by Crippen LogP contribution is 2.41. The van der Waals surface area contributed by atoms with Gasteiger partial charge in [-0.25, -0.2) is 4.79 Å². The fourth-order valence-corrected chi connectivity index (χ4v) is 4.39. The number of hydrogen-bond donors (Lipinski definition) is 2. The van der Waals surface area contributed by atoms with Gasteiger partial charge < -0.3 is 24.7 Å². The molecule has 1 atom stereocenters. The van der Waals surface area contributed by atoms with Crippen LogP contribution >= 0.6 is 0 Å². The number of hydrogen-bond acceptors (Lipinski definition) is 5. The second-order valence-corrected chi connectivity index (χ2v) is 11.5. The van der Waals surface area contributed by atoms with Crippen molar-refractivity contribution in [3.8, 4) is 0 Å². The number of carbonyl (C=O) groups is 2. The summed E-state index contributed by atoms with van der Waals surface area (Å²) in [5.74, 6) is 0.310. The molecule has 0 aromatic heterocycles. The van der Waals surface area contributed by atoms with E-state index in [1.54, 1.807) is 6.92 Å². The zero-order valence-electron chi connectivity index (χ0n) is 21.0. The number of ether oxygens (including phenoxy) is 1. The van der Waals surface area contributed by atoms with Gasteiger partial charge in [0.1, 0.15) is 5.60 Å². The van der Waals surface area contributed by atoms with Crippen molar-refractivity contribution in [2.24, 2.45) is 5.92 Å². The van der Waals surface area contributed by atoms with Crippen LogP contribution in [0, 0.1) is 5.92 Å². The van der Waals surface area contributed by atoms with Crippen LogP contribution in [0.3, 0.4) is 0 Å². The van der Waals surface area contributed by atoms with Gasteiger partial charge >= 0.3 is 13.2 Å². The smallest absolute Gasteiger partial charge is 0.444 e. The number of rotatable bonds is 8. The summed E-state index contributed by atoms with van der Waals surface area (Å²) in [7, 11) is -0.178. The van der Waals surface area contributed by atoms with Crippen LogP contribution in [0.4, 0.5) is 4.79 Å². The third kappa shape index (κ3) is 7.11. The highest BCUT2D eigenvalue weighted by molar-refractivity contribution is 6.45. The SMILES string of the molecule is CC(=O)NC(C)(CCCCB1OC(C)(C)C(C)(C)O1)[C@H]1C[C@@H](NC(=O)OC(C)(C)C)C1. The molecule has 8 heteroatoms. The maximum Gasteiger partial charge on any atom is 0.457 e. The largest absolute Gasteiger partial charge is 0.457 e. The zero-order chi connectivity index (χ0) is 23.7. The third-order valence-corrected chi connectivity index (χ3v) is 6.91. The van der Waals surface area contributed by atoms with Gasteiger partial charge in [0.2, 0.25) is 5.91 Å². The summed E-state index contributed by atoms with van der Waals surface area (Å²) in [5.41, 5.74) is -1.39. The quantitative estimate of drug-likeness (QED) is 0.432. The van der Waals surface area contributed by atoms with Crippen LogP contribution in [0.5, 0.6) is 0 Å². The molecule has 0 aromatic rings. The Bertz CT molecular complexity index is 639. The molecule has 2 aliphatic rings. The lowest BCUT2D eigenvalue weighted by Gasteiger charge is -2.47. The van der Waals surface area contributed by atoms with Gasteiger partial charge in [-0.1, -0.05) is 12.8 Å². The summed E-state index contributed by atoms with van der Waals surface area (Å²) in [6, 6.07) is 0.0951. The molecule has 2 N–H and O–H groups in total. The normalized spacial score (nSPS) is 26.5. The van der Waals surface area contributed by atoms with Gasteiger partial charge in [-0.2, -0.15) is 0 Å². The molecular weight excluding hydrogens is 395 g/mol. The second-order valence-electron chi connectivity index (χ2n) is 11.5. The van der Waals surface area contributed by atoms with Crippen LogP contribution in [0.2, 0.25) is 6.32 Å². The van der Waals surface area contributed by atoms with E-state index >= 15 is 0 Å². The van der Waals surface area contributed by atoms with Crippen molar-refractivity contribution in [2.75, 3.05) is 0 Å². The van der Waals surface area contributed by atoms with Crippen LogP contribution < -0.4 is 10.6 Å². The Morgan fingerprint density at radius 2 is 1.58 bits per heavy atom. The highest BCUT2D eigenvalue weighted by Gasteiger charge is 2.50. The van der Waals surface area contributed by atoms with Crippen molar-refractivity contribution in [3.63, 3.8) is 0 Å². The Balaban J connectivity index is 1.80. The predicted molar refractivity (Wildman–Crippen MR) is 123 cm³/mol. The van der Waals surface area contributed by atoms with Crippen molar-refractivity contribution in [3.05, 3.63) is 0 Å². The molecule has 0 spiro atoms. The van der Waals surface area contributed by atoms with E-state index in [0.29, 0.717) is 5.92 Å². The van der Waals surface area contributed by atoms with Gasteiger partial charge in [0, 0.05) is 18.5 Å². The Kier molecular flexibility index (Phi) is 7.79. The molecule has 2 rings (SSSR count). The maximum absolute atomic E-state index is 12.0. The Hall–Kier alpha value is -1.28. The molecule has 0 aromatic carbocycles. The lowest BCUT2D eigenvalue weighted by molar-refractivity contribution is -0.122. The van der Waals surface area contributed by atoms with E-state index in [-0.39, 0.29) is 41.9 Å². The average molecular weight is 438 g/mol. The molecule has 1 heterocycles. The standard InChI is InChI=1S/C23H43BN2O5/c1-16(27)26-23(9,17-14-18(15-17)25-19(28)29-20(2,3)4)12-10-11-13-24-30-21(5,6)22(7,8)31-24/h17-18H,10-15H2,1-9H3,(H,25,28)(H,26,27)/t17-,18+,23?. The van der Waals surface area contributed by atoms with Crippen LogP contribution in [-0.2, 0) is 18.8 Å². The van der Waals surface area contributed by atoms with Crippen molar-refractivity contribution in [1.82, 2.24) is 10.6 Å². The molecule has 178 valence electrons. The third-order valence-electron chi connectivity index (χ3n) is 6.91. The van der Waals surface area contributed by atoms with Gasteiger partial charge in [0.25, 0.3) is 0 Å². The molecule has 0 bridgehead atoms. The van der Waals surface area contributed by atoms with Gasteiger partial charge in [-0.15, -0.1) is 0 Å².